The van der Waals surface area contributed by atoms with E-state index >= 15 is 0 Å². The SMILES string of the molecule is CCn1cc(S(=O)(=O)N[C@@H](C)c2cc(OC)ccc2OC)cn1. The van der Waals surface area contributed by atoms with Gasteiger partial charge in [0.1, 0.15) is 16.4 Å². The van der Waals surface area contributed by atoms with E-state index in [1.807, 2.05) is 6.92 Å². The van der Waals surface area contributed by atoms with Crippen molar-refractivity contribution in [3.8, 4) is 11.5 Å². The molecule has 1 atom stereocenters. The summed E-state index contributed by atoms with van der Waals surface area (Å²) in [6.45, 7) is 4.24. The van der Waals surface area contributed by atoms with Crippen molar-refractivity contribution >= 4 is 10.0 Å². The molecule has 0 aliphatic carbocycles. The van der Waals surface area contributed by atoms with Gasteiger partial charge in [-0.1, -0.05) is 0 Å². The molecule has 8 heteroatoms. The summed E-state index contributed by atoms with van der Waals surface area (Å²) in [5, 5.41) is 3.99. The summed E-state index contributed by atoms with van der Waals surface area (Å²) in [5.74, 6) is 1.22. The van der Waals surface area contributed by atoms with E-state index in [-0.39, 0.29) is 4.90 Å². The maximum absolute atomic E-state index is 12.5. The first-order chi connectivity index (χ1) is 10.9. The fourth-order valence-corrected chi connectivity index (χ4v) is 3.37. The Morgan fingerprint density at radius 1 is 1.30 bits per heavy atom. The predicted molar refractivity (Wildman–Crippen MR) is 86.2 cm³/mol. The van der Waals surface area contributed by atoms with Crippen LogP contribution in [0.5, 0.6) is 11.5 Å². The molecule has 0 aliphatic rings. The lowest BCUT2D eigenvalue weighted by atomic mass is 10.1. The van der Waals surface area contributed by atoms with Crippen LogP contribution in [-0.4, -0.2) is 32.4 Å². The number of benzene rings is 1. The van der Waals surface area contributed by atoms with Crippen molar-refractivity contribution in [2.24, 2.45) is 0 Å². The van der Waals surface area contributed by atoms with E-state index in [1.165, 1.54) is 19.5 Å². The van der Waals surface area contributed by atoms with Crippen LogP contribution >= 0.6 is 0 Å². The normalized spacial score (nSPS) is 12.9. The topological polar surface area (TPSA) is 82.5 Å². The van der Waals surface area contributed by atoms with Gasteiger partial charge in [0.2, 0.25) is 10.0 Å². The van der Waals surface area contributed by atoms with Crippen molar-refractivity contribution in [3.05, 3.63) is 36.2 Å². The van der Waals surface area contributed by atoms with E-state index in [9.17, 15) is 8.42 Å². The van der Waals surface area contributed by atoms with Gasteiger partial charge in [0.05, 0.1) is 20.4 Å². The summed E-state index contributed by atoms with van der Waals surface area (Å²) in [4.78, 5) is 0.132. The zero-order valence-corrected chi connectivity index (χ0v) is 14.4. The van der Waals surface area contributed by atoms with Crippen molar-refractivity contribution < 1.29 is 17.9 Å². The molecule has 0 bridgehead atoms. The van der Waals surface area contributed by atoms with Gasteiger partial charge in [0, 0.05) is 24.3 Å². The number of hydrogen-bond acceptors (Lipinski definition) is 5. The van der Waals surface area contributed by atoms with Crippen LogP contribution in [0.25, 0.3) is 0 Å². The van der Waals surface area contributed by atoms with Gasteiger partial charge in [0.25, 0.3) is 0 Å². The van der Waals surface area contributed by atoms with E-state index in [0.29, 0.717) is 23.6 Å². The van der Waals surface area contributed by atoms with E-state index in [1.54, 1.807) is 36.9 Å². The Balaban J connectivity index is 2.28. The molecule has 1 heterocycles. The number of nitrogens with one attached hydrogen (secondary N) is 1. The van der Waals surface area contributed by atoms with E-state index < -0.39 is 16.1 Å². The number of aryl methyl sites for hydroxylation is 1. The highest BCUT2D eigenvalue weighted by Gasteiger charge is 2.22. The van der Waals surface area contributed by atoms with Gasteiger partial charge >= 0.3 is 0 Å². The molecule has 0 spiro atoms. The van der Waals surface area contributed by atoms with Gasteiger partial charge in [-0.2, -0.15) is 5.10 Å². The second-order valence-corrected chi connectivity index (χ2v) is 6.70. The standard InChI is InChI=1S/C15H21N3O4S/c1-5-18-10-13(9-16-18)23(19,20)17-11(2)14-8-12(21-3)6-7-15(14)22-4/h6-11,17H,5H2,1-4H3/t11-/m0/s1. The summed E-state index contributed by atoms with van der Waals surface area (Å²) in [7, 11) is -0.577. The lowest BCUT2D eigenvalue weighted by Crippen LogP contribution is -2.27. The molecule has 0 aliphatic heterocycles. The van der Waals surface area contributed by atoms with Gasteiger partial charge in [-0.15, -0.1) is 0 Å². The number of methoxy groups -OCH3 is 2. The van der Waals surface area contributed by atoms with Crippen LogP contribution in [0.2, 0.25) is 0 Å². The van der Waals surface area contributed by atoms with Gasteiger partial charge in [0.15, 0.2) is 0 Å². The van der Waals surface area contributed by atoms with Crippen molar-refractivity contribution in [3.63, 3.8) is 0 Å². The summed E-state index contributed by atoms with van der Waals surface area (Å²) in [6.07, 6.45) is 2.83. The van der Waals surface area contributed by atoms with Crippen LogP contribution in [-0.2, 0) is 16.6 Å². The minimum Gasteiger partial charge on any atom is -0.497 e. The average Bonchev–Trinajstić information content (AvgIpc) is 3.03. The van der Waals surface area contributed by atoms with Crippen LogP contribution in [0.4, 0.5) is 0 Å². The van der Waals surface area contributed by atoms with Gasteiger partial charge in [-0.25, -0.2) is 13.1 Å². The molecule has 1 aromatic carbocycles. The average molecular weight is 339 g/mol. The molecule has 126 valence electrons. The Morgan fingerprint density at radius 3 is 2.61 bits per heavy atom. The van der Waals surface area contributed by atoms with Crippen LogP contribution in [0.1, 0.15) is 25.5 Å². The molecule has 0 fully saturated rings. The number of nitrogens with zero attached hydrogens (tertiary/aromatic N) is 2. The summed E-state index contributed by atoms with van der Waals surface area (Å²) >= 11 is 0. The lowest BCUT2D eigenvalue weighted by Gasteiger charge is -2.17. The van der Waals surface area contributed by atoms with Gasteiger partial charge in [-0.05, 0) is 32.0 Å². The molecule has 0 amide bonds. The highest BCUT2D eigenvalue weighted by molar-refractivity contribution is 7.89. The van der Waals surface area contributed by atoms with Crippen molar-refractivity contribution in [1.29, 1.82) is 0 Å². The van der Waals surface area contributed by atoms with Crippen molar-refractivity contribution in [2.75, 3.05) is 14.2 Å². The van der Waals surface area contributed by atoms with Crippen LogP contribution < -0.4 is 14.2 Å². The van der Waals surface area contributed by atoms with Gasteiger partial charge in [-0.3, -0.25) is 4.68 Å². The number of sulfonamides is 1. The molecule has 0 saturated carbocycles. The van der Waals surface area contributed by atoms with E-state index in [0.717, 1.165) is 0 Å². The zero-order valence-electron chi connectivity index (χ0n) is 13.6. The molecule has 0 saturated heterocycles. The summed E-state index contributed by atoms with van der Waals surface area (Å²) in [6, 6.07) is 4.76. The zero-order chi connectivity index (χ0) is 17.0. The minimum atomic E-state index is -3.67. The first-order valence-corrected chi connectivity index (χ1v) is 8.66. The molecular formula is C15H21N3O4S. The molecule has 2 rings (SSSR count). The molecule has 2 aromatic rings. The number of ether oxygens (including phenoxy) is 2. The van der Waals surface area contributed by atoms with E-state index in [4.69, 9.17) is 9.47 Å². The maximum atomic E-state index is 12.5. The highest BCUT2D eigenvalue weighted by Crippen LogP contribution is 2.30. The van der Waals surface area contributed by atoms with Crippen LogP contribution in [0.3, 0.4) is 0 Å². The number of hydrogen-bond donors (Lipinski definition) is 1. The molecule has 23 heavy (non-hydrogen) atoms. The summed E-state index contributed by atoms with van der Waals surface area (Å²) in [5.41, 5.74) is 0.693. The second kappa shape index (κ2) is 7.01. The monoisotopic (exact) mass is 339 g/mol. The Bertz CT molecular complexity index is 771. The summed E-state index contributed by atoms with van der Waals surface area (Å²) < 4.78 is 39.6. The Morgan fingerprint density at radius 2 is 2.04 bits per heavy atom. The first kappa shape index (κ1) is 17.3. The second-order valence-electron chi connectivity index (χ2n) is 4.98. The number of aromatic nitrogens is 2. The maximum Gasteiger partial charge on any atom is 0.244 e. The number of rotatable bonds is 7. The molecular weight excluding hydrogens is 318 g/mol. The van der Waals surface area contributed by atoms with Crippen LogP contribution in [0.15, 0.2) is 35.5 Å². The molecule has 0 unspecified atom stereocenters. The van der Waals surface area contributed by atoms with Crippen molar-refractivity contribution in [1.82, 2.24) is 14.5 Å². The third-order valence-corrected chi connectivity index (χ3v) is 4.97. The van der Waals surface area contributed by atoms with Gasteiger partial charge < -0.3 is 9.47 Å². The van der Waals surface area contributed by atoms with E-state index in [2.05, 4.69) is 9.82 Å². The Kier molecular flexibility index (Phi) is 5.27. The van der Waals surface area contributed by atoms with Crippen molar-refractivity contribution in [2.45, 2.75) is 31.3 Å². The quantitative estimate of drug-likeness (QED) is 0.834. The largest absolute Gasteiger partial charge is 0.497 e. The fraction of sp³-hybridized carbons (Fsp3) is 0.400. The molecule has 1 aromatic heterocycles. The molecule has 1 N–H and O–H groups in total. The fourth-order valence-electron chi connectivity index (χ4n) is 2.20. The molecule has 0 radical (unpaired) electrons. The molecule has 7 nitrogen and oxygen atoms in total. The minimum absolute atomic E-state index is 0.132. The Labute approximate surface area is 136 Å². The third-order valence-electron chi connectivity index (χ3n) is 3.48. The predicted octanol–water partition coefficient (Wildman–Crippen LogP) is 1.96. The highest BCUT2D eigenvalue weighted by atomic mass is 32.2. The van der Waals surface area contributed by atoms with Crippen LogP contribution in [0, 0.1) is 0 Å². The third kappa shape index (κ3) is 3.83. The smallest absolute Gasteiger partial charge is 0.244 e. The Hall–Kier alpha value is -2.06. The lowest BCUT2D eigenvalue weighted by molar-refractivity contribution is 0.395. The first-order valence-electron chi connectivity index (χ1n) is 7.18.